The fourth-order valence-corrected chi connectivity index (χ4v) is 6.71. The number of nitrogens with one attached hydrogen (secondary N) is 1. The van der Waals surface area contributed by atoms with Gasteiger partial charge in [0.25, 0.3) is 0 Å². The van der Waals surface area contributed by atoms with Crippen LogP contribution in [0.2, 0.25) is 0 Å². The minimum atomic E-state index is -4.54. The van der Waals surface area contributed by atoms with E-state index in [1.165, 1.54) is 11.3 Å². The fraction of sp³-hybridized carbons (Fsp3) is 0.583. The molecule has 2 heterocycles. The average Bonchev–Trinajstić information content (AvgIpc) is 3.39. The van der Waals surface area contributed by atoms with Gasteiger partial charge in [-0.2, -0.15) is 18.4 Å². The van der Waals surface area contributed by atoms with Gasteiger partial charge in [0.2, 0.25) is 5.91 Å². The third-order valence-electron chi connectivity index (χ3n) is 7.16. The molecule has 1 N–H and O–H groups in total. The van der Waals surface area contributed by atoms with Gasteiger partial charge in [-0.25, -0.2) is 9.97 Å². The van der Waals surface area contributed by atoms with Gasteiger partial charge in [0.1, 0.15) is 11.1 Å². The van der Waals surface area contributed by atoms with E-state index in [2.05, 4.69) is 42.1 Å². The Labute approximate surface area is 205 Å². The second-order valence-corrected chi connectivity index (χ2v) is 11.6. The molecule has 5 nitrogen and oxygen atoms in total. The number of rotatable bonds is 6. The van der Waals surface area contributed by atoms with Crippen LogP contribution in [0.4, 0.5) is 18.2 Å². The molecule has 10 heteroatoms. The van der Waals surface area contributed by atoms with Crippen LogP contribution in [0.5, 0.6) is 0 Å². The van der Waals surface area contributed by atoms with Crippen molar-refractivity contribution < 1.29 is 18.0 Å². The maximum absolute atomic E-state index is 13.4. The van der Waals surface area contributed by atoms with Crippen LogP contribution < -0.4 is 5.32 Å². The third-order valence-corrected chi connectivity index (χ3v) is 9.18. The standard InChI is InChI=1S/C24H27F3N4OS2/c1-4-23(2,3)13-8-9-14-16(11-28)21(34-18(14)10-13)30-19(32)12-33-22-29-17-7-5-6-15(17)20(31-22)24(25,26)27/h13H,4-10,12H2,1-3H3,(H,30,32)/t13-/m0/s1. The molecule has 34 heavy (non-hydrogen) atoms. The predicted octanol–water partition coefficient (Wildman–Crippen LogP) is 6.19. The molecule has 0 bridgehead atoms. The quantitative estimate of drug-likeness (QED) is 0.372. The van der Waals surface area contributed by atoms with E-state index in [0.717, 1.165) is 47.9 Å². The monoisotopic (exact) mass is 508 g/mol. The summed E-state index contributed by atoms with van der Waals surface area (Å²) >= 11 is 2.33. The number of halogens is 3. The van der Waals surface area contributed by atoms with Gasteiger partial charge in [-0.3, -0.25) is 4.79 Å². The van der Waals surface area contributed by atoms with Crippen LogP contribution in [0, 0.1) is 22.7 Å². The highest BCUT2D eigenvalue weighted by molar-refractivity contribution is 7.99. The van der Waals surface area contributed by atoms with Gasteiger partial charge in [0.15, 0.2) is 10.9 Å². The number of thioether (sulfide) groups is 1. The van der Waals surface area contributed by atoms with Gasteiger partial charge in [-0.1, -0.05) is 39.0 Å². The van der Waals surface area contributed by atoms with Crippen LogP contribution in [0.3, 0.4) is 0 Å². The summed E-state index contributed by atoms with van der Waals surface area (Å²) in [5.41, 5.74) is 1.45. The Hall–Kier alpha value is -2.12. The predicted molar refractivity (Wildman–Crippen MR) is 127 cm³/mol. The summed E-state index contributed by atoms with van der Waals surface area (Å²) in [5.74, 6) is 0.00642. The molecule has 0 saturated carbocycles. The summed E-state index contributed by atoms with van der Waals surface area (Å²) in [5, 5.41) is 13.0. The number of anilines is 1. The first-order valence-corrected chi connectivity index (χ1v) is 13.3. The van der Waals surface area contributed by atoms with Crippen LogP contribution in [0.25, 0.3) is 0 Å². The number of amides is 1. The second-order valence-electron chi connectivity index (χ2n) is 9.57. The summed E-state index contributed by atoms with van der Waals surface area (Å²) in [7, 11) is 0. The molecule has 2 aromatic rings. The lowest BCUT2D eigenvalue weighted by atomic mass is 9.69. The zero-order valence-corrected chi connectivity index (χ0v) is 21.1. The normalized spacial score (nSPS) is 17.7. The fourth-order valence-electron chi connectivity index (χ4n) is 4.75. The Kier molecular flexibility index (Phi) is 6.98. The highest BCUT2D eigenvalue weighted by Crippen LogP contribution is 2.45. The molecule has 182 valence electrons. The van der Waals surface area contributed by atoms with E-state index >= 15 is 0 Å². The van der Waals surface area contributed by atoms with Crippen molar-refractivity contribution in [2.45, 2.75) is 77.0 Å². The third kappa shape index (κ3) is 4.96. The molecule has 0 fully saturated rings. The molecule has 4 rings (SSSR count). The molecule has 0 unspecified atom stereocenters. The zero-order valence-electron chi connectivity index (χ0n) is 19.4. The summed E-state index contributed by atoms with van der Waals surface area (Å²) in [6.07, 6.45) is 0.689. The van der Waals surface area contributed by atoms with Crippen molar-refractivity contribution in [1.82, 2.24) is 9.97 Å². The van der Waals surface area contributed by atoms with Crippen molar-refractivity contribution in [2.75, 3.05) is 11.1 Å². The second kappa shape index (κ2) is 9.50. The molecular weight excluding hydrogens is 481 g/mol. The molecule has 2 aliphatic carbocycles. The molecule has 0 aromatic carbocycles. The van der Waals surface area contributed by atoms with E-state index in [4.69, 9.17) is 0 Å². The molecule has 2 aromatic heterocycles. The van der Waals surface area contributed by atoms with Gasteiger partial charge in [0, 0.05) is 16.1 Å². The largest absolute Gasteiger partial charge is 0.433 e. The van der Waals surface area contributed by atoms with Crippen molar-refractivity contribution in [3.8, 4) is 6.07 Å². The van der Waals surface area contributed by atoms with Gasteiger partial charge < -0.3 is 5.32 Å². The number of carbonyl (C=O) groups excluding carboxylic acids is 1. The van der Waals surface area contributed by atoms with Gasteiger partial charge in [-0.05, 0) is 55.4 Å². The number of aryl methyl sites for hydroxylation is 1. The van der Waals surface area contributed by atoms with E-state index in [1.54, 1.807) is 0 Å². The van der Waals surface area contributed by atoms with E-state index < -0.39 is 11.9 Å². The first-order chi connectivity index (χ1) is 16.0. The molecule has 1 amide bonds. The Morgan fingerprint density at radius 1 is 1.24 bits per heavy atom. The lowest BCUT2D eigenvalue weighted by Crippen LogP contribution is -2.28. The molecular formula is C24H27F3N4OS2. The Balaban J connectivity index is 1.46. The van der Waals surface area contributed by atoms with Crippen LogP contribution >= 0.6 is 23.1 Å². The van der Waals surface area contributed by atoms with Crippen LogP contribution in [-0.2, 0) is 36.7 Å². The number of thiophene rings is 1. The van der Waals surface area contributed by atoms with Crippen molar-refractivity contribution in [3.05, 3.63) is 33.0 Å². The number of carbonyl (C=O) groups is 1. The molecule has 1 atom stereocenters. The van der Waals surface area contributed by atoms with Gasteiger partial charge in [0.05, 0.1) is 11.3 Å². The number of nitriles is 1. The van der Waals surface area contributed by atoms with Gasteiger partial charge in [-0.15, -0.1) is 11.3 Å². The van der Waals surface area contributed by atoms with Crippen molar-refractivity contribution in [1.29, 1.82) is 5.26 Å². The summed E-state index contributed by atoms with van der Waals surface area (Å²) in [6.45, 7) is 6.73. The number of alkyl halides is 3. The van der Waals surface area contributed by atoms with Crippen LogP contribution in [-0.4, -0.2) is 21.6 Å². The molecule has 0 radical (unpaired) electrons. The molecule has 0 spiro atoms. The molecule has 0 saturated heterocycles. The highest BCUT2D eigenvalue weighted by atomic mass is 32.2. The lowest BCUT2D eigenvalue weighted by Gasteiger charge is -2.36. The number of nitrogens with zero attached hydrogens (tertiary/aromatic N) is 3. The summed E-state index contributed by atoms with van der Waals surface area (Å²) in [4.78, 5) is 21.8. The SMILES string of the molecule is CCC(C)(C)[C@H]1CCc2c(sc(NC(=O)CSc3nc4c(c(C(F)(F)F)n3)CCC4)c2C#N)C1. The summed E-state index contributed by atoms with van der Waals surface area (Å²) in [6, 6.07) is 2.24. The van der Waals surface area contributed by atoms with Gasteiger partial charge >= 0.3 is 6.18 Å². The Bertz CT molecular complexity index is 1150. The van der Waals surface area contributed by atoms with Crippen LogP contribution in [0.15, 0.2) is 5.16 Å². The van der Waals surface area contributed by atoms with Crippen molar-refractivity contribution in [3.63, 3.8) is 0 Å². The maximum atomic E-state index is 13.4. The Morgan fingerprint density at radius 2 is 2.00 bits per heavy atom. The van der Waals surface area contributed by atoms with E-state index in [-0.39, 0.29) is 27.8 Å². The number of fused-ring (bicyclic) bond motifs is 2. The summed E-state index contributed by atoms with van der Waals surface area (Å²) < 4.78 is 40.3. The van der Waals surface area contributed by atoms with Crippen molar-refractivity contribution in [2.24, 2.45) is 11.3 Å². The Morgan fingerprint density at radius 3 is 2.68 bits per heavy atom. The molecule has 2 aliphatic rings. The smallest absolute Gasteiger partial charge is 0.316 e. The van der Waals surface area contributed by atoms with E-state index in [0.29, 0.717) is 41.4 Å². The van der Waals surface area contributed by atoms with Crippen molar-refractivity contribution >= 4 is 34.0 Å². The average molecular weight is 509 g/mol. The number of aromatic nitrogens is 2. The minimum absolute atomic E-state index is 0.0428. The minimum Gasteiger partial charge on any atom is -0.316 e. The first kappa shape index (κ1) is 25.0. The maximum Gasteiger partial charge on any atom is 0.433 e. The topological polar surface area (TPSA) is 78.7 Å². The number of hydrogen-bond acceptors (Lipinski definition) is 6. The van der Waals surface area contributed by atoms with Crippen LogP contribution in [0.1, 0.15) is 73.0 Å². The lowest BCUT2D eigenvalue weighted by molar-refractivity contribution is -0.142. The van der Waals surface area contributed by atoms with E-state index in [1.807, 2.05) is 0 Å². The molecule has 0 aliphatic heterocycles. The first-order valence-electron chi connectivity index (χ1n) is 11.5. The van der Waals surface area contributed by atoms with E-state index in [9.17, 15) is 23.2 Å². The highest BCUT2D eigenvalue weighted by Gasteiger charge is 2.38. The number of hydrogen-bond donors (Lipinski definition) is 1. The zero-order chi connectivity index (χ0) is 24.7.